The van der Waals surface area contributed by atoms with E-state index in [0.29, 0.717) is 10.0 Å². The molecule has 0 saturated carbocycles. The van der Waals surface area contributed by atoms with Crippen LogP contribution in [0.15, 0.2) is 42.5 Å². The highest BCUT2D eigenvalue weighted by Crippen LogP contribution is 2.42. The summed E-state index contributed by atoms with van der Waals surface area (Å²) in [5.74, 6) is 0.955. The molecule has 1 aliphatic heterocycles. The number of nitrogens with zero attached hydrogens (tertiary/aromatic N) is 1. The molecule has 1 aliphatic rings. The molecule has 1 heterocycles. The van der Waals surface area contributed by atoms with Gasteiger partial charge in [-0.1, -0.05) is 48.3 Å². The zero-order valence-corrected chi connectivity index (χ0v) is 15.1. The second-order valence-corrected chi connectivity index (χ2v) is 7.47. The first-order chi connectivity index (χ1) is 11.1. The van der Waals surface area contributed by atoms with Gasteiger partial charge in [-0.05, 0) is 36.2 Å². The number of hydrogen-bond donors (Lipinski definition) is 0. The smallest absolute Gasteiger partial charge is 0.255 e. The van der Waals surface area contributed by atoms with Crippen LogP contribution in [0.5, 0.6) is 0 Å². The van der Waals surface area contributed by atoms with Crippen LogP contribution in [0.2, 0.25) is 10.0 Å². The van der Waals surface area contributed by atoms with Gasteiger partial charge in [0.2, 0.25) is 0 Å². The maximum Gasteiger partial charge on any atom is 0.255 e. The van der Waals surface area contributed by atoms with Gasteiger partial charge < -0.3 is 4.90 Å². The lowest BCUT2D eigenvalue weighted by Gasteiger charge is -2.25. The summed E-state index contributed by atoms with van der Waals surface area (Å²) in [5, 5.41) is 1.16. The summed E-state index contributed by atoms with van der Waals surface area (Å²) < 4.78 is 0. The summed E-state index contributed by atoms with van der Waals surface area (Å²) >= 11 is 14.0. The van der Waals surface area contributed by atoms with Gasteiger partial charge in [0.05, 0.1) is 0 Å². The monoisotopic (exact) mass is 365 g/mol. The third kappa shape index (κ3) is 3.52. The molecule has 5 heteroatoms. The van der Waals surface area contributed by atoms with Crippen molar-refractivity contribution in [1.29, 1.82) is 0 Å². The number of carbonyl (C=O) groups excluding carboxylic acids is 1. The van der Waals surface area contributed by atoms with E-state index in [1.165, 1.54) is 5.56 Å². The lowest BCUT2D eigenvalue weighted by molar-refractivity contribution is 0.0760. The topological polar surface area (TPSA) is 20.3 Å². The Morgan fingerprint density at radius 1 is 1.22 bits per heavy atom. The predicted octanol–water partition coefficient (Wildman–Crippen LogP) is 5.44. The third-order valence-electron chi connectivity index (χ3n) is 3.99. The maximum atomic E-state index is 12.9. The lowest BCUT2D eigenvalue weighted by Crippen LogP contribution is -2.30. The molecule has 0 bridgehead atoms. The number of benzene rings is 2. The summed E-state index contributed by atoms with van der Waals surface area (Å²) in [6.07, 6.45) is 0.969. The molecule has 1 fully saturated rings. The van der Waals surface area contributed by atoms with Crippen molar-refractivity contribution in [2.45, 2.75) is 18.7 Å². The molecule has 1 atom stereocenters. The van der Waals surface area contributed by atoms with Crippen molar-refractivity contribution in [2.24, 2.45) is 0 Å². The number of amides is 1. The van der Waals surface area contributed by atoms with Crippen LogP contribution < -0.4 is 0 Å². The van der Waals surface area contributed by atoms with Crippen LogP contribution in [0.25, 0.3) is 0 Å². The van der Waals surface area contributed by atoms with Crippen molar-refractivity contribution in [3.8, 4) is 0 Å². The predicted molar refractivity (Wildman–Crippen MR) is 98.5 cm³/mol. The zero-order chi connectivity index (χ0) is 16.4. The van der Waals surface area contributed by atoms with Gasteiger partial charge in [0, 0.05) is 33.5 Å². The Hall–Kier alpha value is -1.16. The van der Waals surface area contributed by atoms with Crippen LogP contribution in [0, 0.1) is 0 Å². The first kappa shape index (κ1) is 16.7. The summed E-state index contributed by atoms with van der Waals surface area (Å²) in [6.45, 7) is 2.83. The summed E-state index contributed by atoms with van der Waals surface area (Å²) in [6, 6.07) is 13.3. The number of aryl methyl sites for hydroxylation is 1. The van der Waals surface area contributed by atoms with Gasteiger partial charge in [-0.2, -0.15) is 0 Å². The standard InChI is InChI=1S/C18H17Cl2NOS/c1-2-12-3-5-13(6-4-12)17(22)21-9-10-23-18(21)15-8-7-14(19)11-16(15)20/h3-8,11,18H,2,9-10H2,1H3/t18-/m1/s1. The molecule has 1 amide bonds. The van der Waals surface area contributed by atoms with Gasteiger partial charge in [-0.25, -0.2) is 0 Å². The first-order valence-electron chi connectivity index (χ1n) is 7.56. The van der Waals surface area contributed by atoms with Gasteiger partial charge >= 0.3 is 0 Å². The second kappa shape index (κ2) is 7.16. The number of halogens is 2. The Kier molecular flexibility index (Phi) is 5.20. The van der Waals surface area contributed by atoms with E-state index in [1.54, 1.807) is 17.8 Å². The third-order valence-corrected chi connectivity index (χ3v) is 5.79. The van der Waals surface area contributed by atoms with E-state index in [-0.39, 0.29) is 11.3 Å². The molecule has 23 heavy (non-hydrogen) atoms. The van der Waals surface area contributed by atoms with E-state index in [4.69, 9.17) is 23.2 Å². The zero-order valence-electron chi connectivity index (χ0n) is 12.8. The average Bonchev–Trinajstić information content (AvgIpc) is 3.03. The van der Waals surface area contributed by atoms with Crippen LogP contribution in [0.4, 0.5) is 0 Å². The molecule has 1 saturated heterocycles. The van der Waals surface area contributed by atoms with Gasteiger partial charge in [0.1, 0.15) is 5.37 Å². The quantitative estimate of drug-likeness (QED) is 0.721. The molecular formula is C18H17Cl2NOS. The highest BCUT2D eigenvalue weighted by atomic mass is 35.5. The fourth-order valence-corrected chi connectivity index (χ4v) is 4.55. The van der Waals surface area contributed by atoms with Crippen molar-refractivity contribution in [1.82, 2.24) is 4.90 Å². The normalized spacial score (nSPS) is 17.5. The lowest BCUT2D eigenvalue weighted by atomic mass is 10.1. The van der Waals surface area contributed by atoms with Crippen molar-refractivity contribution in [3.05, 3.63) is 69.2 Å². The minimum atomic E-state index is -0.0573. The minimum Gasteiger partial charge on any atom is -0.322 e. The SMILES string of the molecule is CCc1ccc(C(=O)N2CCS[C@@H]2c2ccc(Cl)cc2Cl)cc1. The summed E-state index contributed by atoms with van der Waals surface area (Å²) in [5.41, 5.74) is 2.89. The second-order valence-electron chi connectivity index (χ2n) is 5.44. The number of rotatable bonds is 3. The van der Waals surface area contributed by atoms with E-state index in [1.807, 2.05) is 41.3 Å². The van der Waals surface area contributed by atoms with E-state index < -0.39 is 0 Å². The van der Waals surface area contributed by atoms with Crippen LogP contribution in [-0.2, 0) is 6.42 Å². The van der Waals surface area contributed by atoms with E-state index in [9.17, 15) is 4.79 Å². The van der Waals surface area contributed by atoms with Crippen LogP contribution in [0.3, 0.4) is 0 Å². The molecule has 0 unspecified atom stereocenters. The first-order valence-corrected chi connectivity index (χ1v) is 9.37. The Morgan fingerprint density at radius 3 is 2.61 bits per heavy atom. The van der Waals surface area contributed by atoms with E-state index in [2.05, 4.69) is 6.92 Å². The van der Waals surface area contributed by atoms with Crippen molar-refractivity contribution in [3.63, 3.8) is 0 Å². The van der Waals surface area contributed by atoms with Gasteiger partial charge in [0.15, 0.2) is 0 Å². The Bertz CT molecular complexity index is 717. The molecule has 0 aromatic heterocycles. The van der Waals surface area contributed by atoms with Gasteiger partial charge in [0.25, 0.3) is 5.91 Å². The molecule has 0 N–H and O–H groups in total. The van der Waals surface area contributed by atoms with Crippen molar-refractivity contribution < 1.29 is 4.79 Å². The molecule has 2 nitrogen and oxygen atoms in total. The van der Waals surface area contributed by atoms with Crippen molar-refractivity contribution in [2.75, 3.05) is 12.3 Å². The molecule has 0 spiro atoms. The van der Waals surface area contributed by atoms with Gasteiger partial charge in [-0.3, -0.25) is 4.79 Å². The Balaban J connectivity index is 1.86. The summed E-state index contributed by atoms with van der Waals surface area (Å²) in [4.78, 5) is 14.7. The Morgan fingerprint density at radius 2 is 1.96 bits per heavy atom. The molecule has 0 radical (unpaired) electrons. The average molecular weight is 366 g/mol. The fourth-order valence-electron chi connectivity index (χ4n) is 2.69. The van der Waals surface area contributed by atoms with Crippen LogP contribution in [-0.4, -0.2) is 23.1 Å². The van der Waals surface area contributed by atoms with E-state index in [0.717, 1.165) is 29.8 Å². The summed E-state index contributed by atoms with van der Waals surface area (Å²) in [7, 11) is 0. The van der Waals surface area contributed by atoms with Gasteiger partial charge in [-0.15, -0.1) is 11.8 Å². The van der Waals surface area contributed by atoms with Crippen LogP contribution in [0.1, 0.15) is 33.8 Å². The molecule has 0 aliphatic carbocycles. The highest BCUT2D eigenvalue weighted by Gasteiger charge is 2.32. The molecular weight excluding hydrogens is 349 g/mol. The van der Waals surface area contributed by atoms with Crippen LogP contribution >= 0.6 is 35.0 Å². The molecule has 3 rings (SSSR count). The fraction of sp³-hybridized carbons (Fsp3) is 0.278. The maximum absolute atomic E-state index is 12.9. The van der Waals surface area contributed by atoms with Crippen molar-refractivity contribution >= 4 is 40.9 Å². The largest absolute Gasteiger partial charge is 0.322 e. The number of hydrogen-bond acceptors (Lipinski definition) is 2. The highest BCUT2D eigenvalue weighted by molar-refractivity contribution is 7.99. The molecule has 120 valence electrons. The van der Waals surface area contributed by atoms with E-state index >= 15 is 0 Å². The molecule has 2 aromatic rings. The number of carbonyl (C=O) groups is 1. The minimum absolute atomic E-state index is 0.0497. The Labute approximate surface area is 150 Å². The molecule has 2 aromatic carbocycles. The number of thioether (sulfide) groups is 1.